The summed E-state index contributed by atoms with van der Waals surface area (Å²) >= 11 is 1.37. The van der Waals surface area contributed by atoms with Crippen LogP contribution < -0.4 is 16.4 Å². The monoisotopic (exact) mass is 552 g/mol. The number of aryl methyl sites for hydroxylation is 1. The lowest BCUT2D eigenvalue weighted by Crippen LogP contribution is -2.45. The average molecular weight is 553 g/mol. The molecule has 0 radical (unpaired) electrons. The summed E-state index contributed by atoms with van der Waals surface area (Å²) < 4.78 is 0.711. The van der Waals surface area contributed by atoms with E-state index < -0.39 is 0 Å². The molecule has 1 aliphatic rings. The molecule has 1 saturated heterocycles. The van der Waals surface area contributed by atoms with E-state index in [0.717, 1.165) is 72.8 Å². The number of thiophene rings is 1. The van der Waals surface area contributed by atoms with Crippen molar-refractivity contribution in [2.24, 2.45) is 0 Å². The molecular weight excluding hydrogens is 520 g/mol. The van der Waals surface area contributed by atoms with Crippen molar-refractivity contribution in [1.82, 2.24) is 24.8 Å². The Morgan fingerprint density at radius 3 is 2.52 bits per heavy atom. The number of nitrogens with one attached hydrogen (secondary N) is 2. The second-order valence-corrected chi connectivity index (χ2v) is 11.0. The number of fused-ring (bicyclic) bond motifs is 2. The van der Waals surface area contributed by atoms with Crippen LogP contribution in [0.4, 0.5) is 23.0 Å². The summed E-state index contributed by atoms with van der Waals surface area (Å²) in [6.07, 6.45) is 3.14. The first kappa shape index (κ1) is 26.1. The second-order valence-electron chi connectivity index (χ2n) is 10.1. The minimum absolute atomic E-state index is 0.238. The molecule has 3 aromatic heterocycles. The highest BCUT2D eigenvalue weighted by atomic mass is 32.1. The molecule has 0 bridgehead atoms. The zero-order valence-electron chi connectivity index (χ0n) is 22.6. The highest BCUT2D eigenvalue weighted by molar-refractivity contribution is 7.18. The van der Waals surface area contributed by atoms with Crippen molar-refractivity contribution in [3.05, 3.63) is 77.1 Å². The van der Waals surface area contributed by atoms with E-state index in [4.69, 9.17) is 5.73 Å². The van der Waals surface area contributed by atoms with E-state index >= 15 is 0 Å². The summed E-state index contributed by atoms with van der Waals surface area (Å²) in [5.74, 6) is 0.871. The van der Waals surface area contributed by atoms with Crippen molar-refractivity contribution >= 4 is 61.2 Å². The zero-order chi connectivity index (χ0) is 27.6. The maximum Gasteiger partial charge on any atom is 0.258 e. The number of benzene rings is 2. The number of carbonyl (C=O) groups is 1. The number of nitrogens with two attached hydrogens (primary N) is 1. The van der Waals surface area contributed by atoms with E-state index in [0.29, 0.717) is 21.6 Å². The number of pyridine rings is 1. The third kappa shape index (κ3) is 5.21. The highest BCUT2D eigenvalue weighted by Gasteiger charge is 2.19. The molecule has 40 heavy (non-hydrogen) atoms. The Bertz CT molecular complexity index is 1680. The Hall–Kier alpha value is -4.12. The highest BCUT2D eigenvalue weighted by Crippen LogP contribution is 2.34. The number of amides is 1. The lowest BCUT2D eigenvalue weighted by molar-refractivity contribution is 0.102. The van der Waals surface area contributed by atoms with E-state index in [-0.39, 0.29) is 5.91 Å². The van der Waals surface area contributed by atoms with Crippen LogP contribution in [-0.4, -0.2) is 63.4 Å². The third-order valence-corrected chi connectivity index (χ3v) is 8.54. The van der Waals surface area contributed by atoms with Crippen molar-refractivity contribution in [2.75, 3.05) is 49.1 Å². The van der Waals surface area contributed by atoms with Gasteiger partial charge in [-0.15, -0.1) is 11.3 Å². The van der Waals surface area contributed by atoms with Crippen LogP contribution in [0.2, 0.25) is 0 Å². The van der Waals surface area contributed by atoms with Gasteiger partial charge in [-0.3, -0.25) is 9.69 Å². The standard InChI is InChI=1S/C30H32N8OS/c1-3-37-12-14-38(15-13-37)16-20-5-7-21(8-6-20)35-29-23-9-4-19(2)25(22(23)10-11-32-29)36-30(39)24-17-40-27-26(24)33-18-34-28(27)31/h4-11,17-18H,3,12-16H2,1-2H3,(H,32,35)(H,36,39)(H2,31,33,34). The van der Waals surface area contributed by atoms with Gasteiger partial charge in [-0.25, -0.2) is 15.0 Å². The van der Waals surface area contributed by atoms with Crippen LogP contribution in [0.15, 0.2) is 60.4 Å². The molecule has 2 aromatic carbocycles. The lowest BCUT2D eigenvalue weighted by Gasteiger charge is -2.34. The van der Waals surface area contributed by atoms with Gasteiger partial charge in [0.2, 0.25) is 0 Å². The van der Waals surface area contributed by atoms with Gasteiger partial charge in [0, 0.05) is 60.8 Å². The molecule has 0 unspecified atom stereocenters. The molecular formula is C30H32N8OS. The Kier molecular flexibility index (Phi) is 7.29. The summed E-state index contributed by atoms with van der Waals surface area (Å²) in [5, 5.41) is 10.2. The molecule has 5 aromatic rings. The maximum absolute atomic E-state index is 13.3. The topological polar surface area (TPSA) is 112 Å². The molecule has 10 heteroatoms. The maximum atomic E-state index is 13.3. The van der Waals surface area contributed by atoms with Crippen LogP contribution in [-0.2, 0) is 6.54 Å². The van der Waals surface area contributed by atoms with Gasteiger partial charge >= 0.3 is 0 Å². The van der Waals surface area contributed by atoms with E-state index in [2.05, 4.69) is 66.6 Å². The quantitative estimate of drug-likeness (QED) is 0.251. The summed E-state index contributed by atoms with van der Waals surface area (Å²) in [6, 6.07) is 14.5. The number of piperazine rings is 1. The van der Waals surface area contributed by atoms with Gasteiger partial charge in [-0.2, -0.15) is 0 Å². The molecule has 1 aliphatic heterocycles. The summed E-state index contributed by atoms with van der Waals surface area (Å²) in [6.45, 7) is 10.8. The van der Waals surface area contributed by atoms with Gasteiger partial charge in [0.05, 0.1) is 21.5 Å². The van der Waals surface area contributed by atoms with Gasteiger partial charge in [0.1, 0.15) is 18.0 Å². The Balaban J connectivity index is 1.21. The Labute approximate surface area is 237 Å². The predicted molar refractivity (Wildman–Crippen MR) is 163 cm³/mol. The molecule has 0 atom stereocenters. The smallest absolute Gasteiger partial charge is 0.258 e. The molecule has 0 saturated carbocycles. The van der Waals surface area contributed by atoms with Crippen molar-refractivity contribution in [3.63, 3.8) is 0 Å². The Morgan fingerprint density at radius 1 is 0.975 bits per heavy atom. The fourth-order valence-electron chi connectivity index (χ4n) is 5.19. The van der Waals surface area contributed by atoms with Crippen LogP contribution in [0.3, 0.4) is 0 Å². The molecule has 204 valence electrons. The van der Waals surface area contributed by atoms with Gasteiger partial charge in [0.25, 0.3) is 5.91 Å². The third-order valence-electron chi connectivity index (χ3n) is 7.55. The average Bonchev–Trinajstić information content (AvgIpc) is 3.42. The largest absolute Gasteiger partial charge is 0.382 e. The molecule has 4 heterocycles. The molecule has 1 amide bonds. The molecule has 4 N–H and O–H groups in total. The molecule has 0 spiro atoms. The van der Waals surface area contributed by atoms with Crippen LogP contribution >= 0.6 is 11.3 Å². The van der Waals surface area contributed by atoms with Crippen molar-refractivity contribution < 1.29 is 4.79 Å². The van der Waals surface area contributed by atoms with E-state index in [1.165, 1.54) is 23.2 Å². The SMILES string of the molecule is CCN1CCN(Cc2ccc(Nc3nccc4c(NC(=O)c5csc6c(N)ncnc56)c(C)ccc34)cc2)CC1. The Morgan fingerprint density at radius 2 is 1.75 bits per heavy atom. The van der Waals surface area contributed by atoms with E-state index in [1.807, 2.05) is 25.1 Å². The number of carbonyl (C=O) groups excluding carboxylic acids is 1. The fraction of sp³-hybridized carbons (Fsp3) is 0.267. The van der Waals surface area contributed by atoms with Gasteiger partial charge in [-0.1, -0.05) is 31.2 Å². The molecule has 9 nitrogen and oxygen atoms in total. The molecule has 0 aliphatic carbocycles. The van der Waals surface area contributed by atoms with Gasteiger partial charge < -0.3 is 21.3 Å². The number of aromatic nitrogens is 3. The lowest BCUT2D eigenvalue weighted by atomic mass is 10.0. The normalized spacial score (nSPS) is 14.6. The number of hydrogen-bond donors (Lipinski definition) is 3. The first-order valence-corrected chi connectivity index (χ1v) is 14.4. The minimum Gasteiger partial charge on any atom is -0.382 e. The number of nitrogen functional groups attached to an aromatic ring is 1. The number of likely N-dealkylation sites (N-methyl/N-ethyl adjacent to an activating group) is 1. The first-order valence-electron chi connectivity index (χ1n) is 13.5. The molecule has 6 rings (SSSR count). The van der Waals surface area contributed by atoms with Crippen molar-refractivity contribution in [2.45, 2.75) is 20.4 Å². The number of anilines is 4. The number of hydrogen-bond acceptors (Lipinski definition) is 9. The van der Waals surface area contributed by atoms with Gasteiger partial charge in [0.15, 0.2) is 0 Å². The second kappa shape index (κ2) is 11.2. The van der Waals surface area contributed by atoms with Crippen LogP contribution in [0.25, 0.3) is 21.0 Å². The van der Waals surface area contributed by atoms with Crippen molar-refractivity contribution in [3.8, 4) is 0 Å². The van der Waals surface area contributed by atoms with Crippen LogP contribution in [0.5, 0.6) is 0 Å². The van der Waals surface area contributed by atoms with Crippen LogP contribution in [0, 0.1) is 6.92 Å². The van der Waals surface area contributed by atoms with Crippen LogP contribution in [0.1, 0.15) is 28.4 Å². The first-order chi connectivity index (χ1) is 19.5. The number of nitrogens with zero attached hydrogens (tertiary/aromatic N) is 5. The van der Waals surface area contributed by atoms with Gasteiger partial charge in [-0.05, 0) is 42.8 Å². The fourth-order valence-corrected chi connectivity index (χ4v) is 6.09. The van der Waals surface area contributed by atoms with E-state index in [9.17, 15) is 4.79 Å². The zero-order valence-corrected chi connectivity index (χ0v) is 23.5. The predicted octanol–water partition coefficient (Wildman–Crippen LogP) is 5.26. The molecule has 1 fully saturated rings. The summed E-state index contributed by atoms with van der Waals surface area (Å²) in [5.41, 5.74) is 11.0. The van der Waals surface area contributed by atoms with Crippen molar-refractivity contribution in [1.29, 1.82) is 0 Å². The summed E-state index contributed by atoms with van der Waals surface area (Å²) in [4.78, 5) is 31.3. The summed E-state index contributed by atoms with van der Waals surface area (Å²) in [7, 11) is 0. The van der Waals surface area contributed by atoms with E-state index in [1.54, 1.807) is 11.6 Å². The minimum atomic E-state index is -0.238. The number of rotatable bonds is 7.